The lowest BCUT2D eigenvalue weighted by atomic mass is 10.1. The Hall–Kier alpha value is -4.11. The predicted molar refractivity (Wildman–Crippen MR) is 137 cm³/mol. The fourth-order valence-electron chi connectivity index (χ4n) is 3.94. The fourth-order valence-corrected chi connectivity index (χ4v) is 4.18. The molecule has 0 saturated heterocycles. The van der Waals surface area contributed by atoms with Crippen molar-refractivity contribution >= 4 is 45.7 Å². The number of benzene rings is 3. The third-order valence-electron chi connectivity index (χ3n) is 5.63. The van der Waals surface area contributed by atoms with Gasteiger partial charge in [-0.1, -0.05) is 23.7 Å². The molecule has 0 radical (unpaired) electrons. The molecule has 2 heterocycles. The minimum Gasteiger partial charge on any atom is -0.489 e. The van der Waals surface area contributed by atoms with Gasteiger partial charge in [0.15, 0.2) is 0 Å². The van der Waals surface area contributed by atoms with Gasteiger partial charge in [-0.05, 0) is 48.9 Å². The molecular weight excluding hydrogens is 485 g/mol. The van der Waals surface area contributed by atoms with Crippen LogP contribution in [0.4, 0.5) is 26.4 Å². The molecular formula is C26H23ClFN5O3. The second kappa shape index (κ2) is 10.2. The quantitative estimate of drug-likeness (QED) is 0.349. The molecule has 1 aromatic heterocycles. The van der Waals surface area contributed by atoms with Gasteiger partial charge in [0.1, 0.15) is 42.7 Å². The topological polar surface area (TPSA) is 88.6 Å². The zero-order valence-corrected chi connectivity index (χ0v) is 20.2. The number of hydrogen-bond acceptors (Lipinski definition) is 6. The van der Waals surface area contributed by atoms with Crippen LogP contribution in [0.1, 0.15) is 12.5 Å². The van der Waals surface area contributed by atoms with Gasteiger partial charge in [-0.15, -0.1) is 0 Å². The van der Waals surface area contributed by atoms with Gasteiger partial charge in [0, 0.05) is 23.7 Å². The number of fused-ring (bicyclic) bond motifs is 2. The minimum absolute atomic E-state index is 0.187. The van der Waals surface area contributed by atoms with E-state index in [1.807, 2.05) is 19.1 Å². The summed E-state index contributed by atoms with van der Waals surface area (Å²) < 4.78 is 24.9. The lowest BCUT2D eigenvalue weighted by molar-refractivity contribution is 0.240. The molecule has 0 atom stereocenters. The van der Waals surface area contributed by atoms with Gasteiger partial charge >= 0.3 is 6.03 Å². The van der Waals surface area contributed by atoms with Crippen LogP contribution >= 0.6 is 11.6 Å². The molecule has 8 nitrogen and oxygen atoms in total. The zero-order chi connectivity index (χ0) is 25.1. The number of urea groups is 1. The number of ether oxygens (including phenoxy) is 2. The molecule has 4 aromatic rings. The Morgan fingerprint density at radius 1 is 1.19 bits per heavy atom. The van der Waals surface area contributed by atoms with Crippen molar-refractivity contribution in [2.24, 2.45) is 0 Å². The maximum absolute atomic E-state index is 13.4. The summed E-state index contributed by atoms with van der Waals surface area (Å²) in [6.45, 7) is 3.43. The van der Waals surface area contributed by atoms with Crippen molar-refractivity contribution < 1.29 is 18.7 Å². The maximum atomic E-state index is 13.4. The van der Waals surface area contributed by atoms with E-state index in [1.54, 1.807) is 35.2 Å². The normalized spacial score (nSPS) is 12.6. The fraction of sp³-hybridized carbons (Fsp3) is 0.192. The van der Waals surface area contributed by atoms with E-state index in [1.165, 1.54) is 18.5 Å². The van der Waals surface area contributed by atoms with Gasteiger partial charge < -0.3 is 20.1 Å². The highest BCUT2D eigenvalue weighted by molar-refractivity contribution is 6.32. The third-order valence-corrected chi connectivity index (χ3v) is 5.93. The molecule has 0 fully saturated rings. The van der Waals surface area contributed by atoms with E-state index in [9.17, 15) is 9.18 Å². The van der Waals surface area contributed by atoms with Gasteiger partial charge in [-0.3, -0.25) is 4.90 Å². The van der Waals surface area contributed by atoms with Crippen LogP contribution in [0.3, 0.4) is 0 Å². The maximum Gasteiger partial charge on any atom is 0.322 e. The number of carbonyl (C=O) groups excluding carboxylic acids is 1. The number of nitrogens with one attached hydrogen (secondary N) is 2. The predicted octanol–water partition coefficient (Wildman–Crippen LogP) is 5.67. The molecule has 3 aromatic carbocycles. The molecule has 1 aliphatic heterocycles. The lowest BCUT2D eigenvalue weighted by Gasteiger charge is -2.30. The number of anilines is 3. The second-order valence-corrected chi connectivity index (χ2v) is 8.49. The molecule has 2 amide bonds. The molecule has 184 valence electrons. The largest absolute Gasteiger partial charge is 0.489 e. The summed E-state index contributed by atoms with van der Waals surface area (Å²) in [6.07, 6.45) is 1.46. The van der Waals surface area contributed by atoms with E-state index in [0.29, 0.717) is 64.5 Å². The molecule has 5 rings (SSSR count). The average molecular weight is 508 g/mol. The molecule has 36 heavy (non-hydrogen) atoms. The number of aromatic nitrogens is 2. The molecule has 0 unspecified atom stereocenters. The van der Waals surface area contributed by atoms with Crippen LogP contribution in [-0.4, -0.2) is 35.7 Å². The summed E-state index contributed by atoms with van der Waals surface area (Å²) in [5, 5.41) is 7.22. The molecule has 0 aliphatic carbocycles. The van der Waals surface area contributed by atoms with Crippen LogP contribution in [0, 0.1) is 5.82 Å². The van der Waals surface area contributed by atoms with Crippen molar-refractivity contribution in [3.63, 3.8) is 0 Å². The monoisotopic (exact) mass is 507 g/mol. The van der Waals surface area contributed by atoms with E-state index in [4.69, 9.17) is 21.1 Å². The van der Waals surface area contributed by atoms with Gasteiger partial charge in [0.05, 0.1) is 22.8 Å². The van der Waals surface area contributed by atoms with E-state index >= 15 is 0 Å². The number of hydrogen-bond donors (Lipinski definition) is 2. The summed E-state index contributed by atoms with van der Waals surface area (Å²) in [6, 6.07) is 14.9. The Kier molecular flexibility index (Phi) is 6.73. The number of carbonyl (C=O) groups is 1. The van der Waals surface area contributed by atoms with Gasteiger partial charge in [-0.2, -0.15) is 0 Å². The number of rotatable bonds is 6. The Morgan fingerprint density at radius 3 is 2.89 bits per heavy atom. The van der Waals surface area contributed by atoms with Crippen molar-refractivity contribution in [1.29, 1.82) is 0 Å². The SMILES string of the molecule is CCNC(=O)N1CCOc2cc3ncnc(Nc4ccc(OCc5cccc(F)c5)c(Cl)c4)c3cc21. The first-order valence-electron chi connectivity index (χ1n) is 11.4. The summed E-state index contributed by atoms with van der Waals surface area (Å²) in [7, 11) is 0. The summed E-state index contributed by atoms with van der Waals surface area (Å²) in [5.74, 6) is 1.30. The first kappa shape index (κ1) is 23.6. The minimum atomic E-state index is -0.319. The Morgan fingerprint density at radius 2 is 2.08 bits per heavy atom. The Bertz CT molecular complexity index is 1430. The molecule has 10 heteroatoms. The Balaban J connectivity index is 1.39. The number of amides is 2. The number of nitrogens with zero attached hydrogens (tertiary/aromatic N) is 3. The molecule has 0 spiro atoms. The van der Waals surface area contributed by atoms with E-state index in [2.05, 4.69) is 20.6 Å². The van der Waals surface area contributed by atoms with Gasteiger partial charge in [-0.25, -0.2) is 19.2 Å². The highest BCUT2D eigenvalue weighted by atomic mass is 35.5. The van der Waals surface area contributed by atoms with E-state index in [0.717, 1.165) is 5.39 Å². The average Bonchev–Trinajstić information content (AvgIpc) is 2.87. The van der Waals surface area contributed by atoms with Crippen molar-refractivity contribution in [2.45, 2.75) is 13.5 Å². The summed E-state index contributed by atoms with van der Waals surface area (Å²) in [4.78, 5) is 23.0. The van der Waals surface area contributed by atoms with E-state index < -0.39 is 0 Å². The van der Waals surface area contributed by atoms with Crippen LogP contribution in [0.15, 0.2) is 60.9 Å². The third kappa shape index (κ3) is 4.96. The van der Waals surface area contributed by atoms with Crippen LogP contribution in [0.5, 0.6) is 11.5 Å². The van der Waals surface area contributed by atoms with Crippen LogP contribution in [-0.2, 0) is 6.61 Å². The van der Waals surface area contributed by atoms with Crippen molar-refractivity contribution in [3.8, 4) is 11.5 Å². The lowest BCUT2D eigenvalue weighted by Crippen LogP contribution is -2.44. The zero-order valence-electron chi connectivity index (χ0n) is 19.4. The number of halogens is 2. The van der Waals surface area contributed by atoms with Gasteiger partial charge in [0.25, 0.3) is 0 Å². The molecule has 1 aliphatic rings. The highest BCUT2D eigenvalue weighted by Crippen LogP contribution is 2.38. The van der Waals surface area contributed by atoms with Gasteiger partial charge in [0.2, 0.25) is 0 Å². The Labute approximate surface area is 212 Å². The van der Waals surface area contributed by atoms with Crippen molar-refractivity contribution in [2.75, 3.05) is 29.9 Å². The summed E-state index contributed by atoms with van der Waals surface area (Å²) in [5.41, 5.74) is 2.71. The van der Waals surface area contributed by atoms with Crippen LogP contribution in [0.2, 0.25) is 5.02 Å². The van der Waals surface area contributed by atoms with E-state index in [-0.39, 0.29) is 18.5 Å². The summed E-state index contributed by atoms with van der Waals surface area (Å²) >= 11 is 6.45. The second-order valence-electron chi connectivity index (χ2n) is 8.08. The van der Waals surface area contributed by atoms with Crippen molar-refractivity contribution in [1.82, 2.24) is 15.3 Å². The standard InChI is InChI=1S/C26H23ClFN5O3/c1-2-29-26(34)33-8-9-35-24-13-21-19(12-22(24)33)25(31-15-30-21)32-18-6-7-23(20(27)11-18)36-14-16-4-3-5-17(28)10-16/h3-7,10-13,15H,2,8-9,14H2,1H3,(H,29,34)(H,30,31,32). The first-order valence-corrected chi connectivity index (χ1v) is 11.8. The highest BCUT2D eigenvalue weighted by Gasteiger charge is 2.25. The molecule has 0 bridgehead atoms. The van der Waals surface area contributed by atoms with Crippen LogP contribution in [0.25, 0.3) is 10.9 Å². The first-order chi connectivity index (χ1) is 17.5. The van der Waals surface area contributed by atoms with Crippen molar-refractivity contribution in [3.05, 3.63) is 77.3 Å². The smallest absolute Gasteiger partial charge is 0.322 e. The van der Waals surface area contributed by atoms with Crippen LogP contribution < -0.4 is 25.0 Å². The molecule has 2 N–H and O–H groups in total. The molecule has 0 saturated carbocycles.